The van der Waals surface area contributed by atoms with E-state index in [0.717, 1.165) is 19.3 Å². The summed E-state index contributed by atoms with van der Waals surface area (Å²) in [5.74, 6) is -0.413. The molecule has 0 saturated carbocycles. The number of carbonyl (C=O) groups excluding carboxylic acids is 2. The number of carbonyl (C=O) groups is 2. The first-order valence-electron chi connectivity index (χ1n) is 6.43. The van der Waals surface area contributed by atoms with E-state index < -0.39 is 0 Å². The fourth-order valence-corrected chi connectivity index (χ4v) is 2.60. The minimum absolute atomic E-state index is 0.0531. The molecule has 1 atom stereocenters. The van der Waals surface area contributed by atoms with Crippen LogP contribution in [-0.4, -0.2) is 29.3 Å². The Morgan fingerprint density at radius 1 is 1.26 bits per heavy atom. The van der Waals surface area contributed by atoms with Gasteiger partial charge in [-0.1, -0.05) is 11.6 Å². The first kappa shape index (κ1) is 13.9. The summed E-state index contributed by atoms with van der Waals surface area (Å²) in [6, 6.07) is 6.74. The molecular weight excluding hydrogens is 264 g/mol. The van der Waals surface area contributed by atoms with Crippen LogP contribution in [-0.2, 0) is 4.79 Å². The van der Waals surface area contributed by atoms with Gasteiger partial charge in [-0.25, -0.2) is 0 Å². The summed E-state index contributed by atoms with van der Waals surface area (Å²) in [6.45, 7) is 0.680. The van der Waals surface area contributed by atoms with Crippen LogP contribution in [0.5, 0.6) is 0 Å². The van der Waals surface area contributed by atoms with Crippen molar-refractivity contribution in [3.63, 3.8) is 0 Å². The van der Waals surface area contributed by atoms with Crippen LogP contribution in [0.3, 0.4) is 0 Å². The summed E-state index contributed by atoms with van der Waals surface area (Å²) in [7, 11) is 0. The Morgan fingerprint density at radius 2 is 1.95 bits per heavy atom. The fraction of sp³-hybridized carbons (Fsp3) is 0.429. The van der Waals surface area contributed by atoms with Crippen molar-refractivity contribution < 1.29 is 9.59 Å². The lowest BCUT2D eigenvalue weighted by Gasteiger charge is -2.35. The maximum atomic E-state index is 12.4. The topological polar surface area (TPSA) is 63.4 Å². The molecular formula is C14H17ClN2O2. The molecule has 1 aromatic rings. The van der Waals surface area contributed by atoms with Gasteiger partial charge in [-0.3, -0.25) is 9.59 Å². The van der Waals surface area contributed by atoms with Gasteiger partial charge >= 0.3 is 0 Å². The van der Waals surface area contributed by atoms with E-state index in [9.17, 15) is 9.59 Å². The first-order chi connectivity index (χ1) is 9.08. The molecule has 0 radical (unpaired) electrons. The number of halogens is 1. The second-order valence-corrected chi connectivity index (χ2v) is 5.26. The number of amides is 2. The standard InChI is InChI=1S/C14H17ClN2O2/c15-11-6-4-10(5-7-11)14(19)17-8-2-1-3-12(17)9-13(16)18/h4-7,12H,1-3,8-9H2,(H2,16,18). The van der Waals surface area contributed by atoms with E-state index in [1.807, 2.05) is 0 Å². The molecule has 0 aromatic heterocycles. The van der Waals surface area contributed by atoms with Crippen molar-refractivity contribution in [2.24, 2.45) is 5.73 Å². The van der Waals surface area contributed by atoms with Crippen LogP contribution in [0.25, 0.3) is 0 Å². The molecule has 102 valence electrons. The van der Waals surface area contributed by atoms with Gasteiger partial charge in [0.05, 0.1) is 0 Å². The highest BCUT2D eigenvalue weighted by Crippen LogP contribution is 2.22. The molecule has 1 unspecified atom stereocenters. The molecule has 1 aliphatic heterocycles. The molecule has 1 heterocycles. The maximum absolute atomic E-state index is 12.4. The van der Waals surface area contributed by atoms with Gasteiger partial charge in [-0.05, 0) is 43.5 Å². The molecule has 2 N–H and O–H groups in total. The van der Waals surface area contributed by atoms with Gasteiger partial charge in [0.25, 0.3) is 5.91 Å². The summed E-state index contributed by atoms with van der Waals surface area (Å²) in [5, 5.41) is 0.601. The van der Waals surface area contributed by atoms with Crippen LogP contribution in [0.2, 0.25) is 5.02 Å². The van der Waals surface area contributed by atoms with Crippen LogP contribution in [0, 0.1) is 0 Å². The second kappa shape index (κ2) is 6.06. The Balaban J connectivity index is 2.15. The Hall–Kier alpha value is -1.55. The molecule has 19 heavy (non-hydrogen) atoms. The Kier molecular flexibility index (Phi) is 4.43. The summed E-state index contributed by atoms with van der Waals surface area (Å²) in [6.07, 6.45) is 3.07. The zero-order valence-electron chi connectivity index (χ0n) is 10.6. The first-order valence-corrected chi connectivity index (χ1v) is 6.80. The Bertz CT molecular complexity index is 473. The van der Waals surface area contributed by atoms with Crippen molar-refractivity contribution in [3.05, 3.63) is 34.9 Å². The molecule has 1 fully saturated rings. The van der Waals surface area contributed by atoms with E-state index in [0.29, 0.717) is 17.1 Å². The predicted octanol–water partition coefficient (Wildman–Crippen LogP) is 2.21. The van der Waals surface area contributed by atoms with E-state index in [2.05, 4.69) is 0 Å². The smallest absolute Gasteiger partial charge is 0.254 e. The summed E-state index contributed by atoms with van der Waals surface area (Å²) < 4.78 is 0. The molecule has 0 spiro atoms. The molecule has 1 saturated heterocycles. The highest BCUT2D eigenvalue weighted by Gasteiger charge is 2.28. The average molecular weight is 281 g/mol. The highest BCUT2D eigenvalue weighted by atomic mass is 35.5. The number of hydrogen-bond acceptors (Lipinski definition) is 2. The third kappa shape index (κ3) is 3.47. The zero-order chi connectivity index (χ0) is 13.8. The van der Waals surface area contributed by atoms with E-state index in [1.54, 1.807) is 29.2 Å². The molecule has 1 aromatic carbocycles. The number of likely N-dealkylation sites (tertiary alicyclic amines) is 1. The van der Waals surface area contributed by atoms with Crippen LogP contribution >= 0.6 is 11.6 Å². The molecule has 4 nitrogen and oxygen atoms in total. The van der Waals surface area contributed by atoms with Gasteiger partial charge in [-0.15, -0.1) is 0 Å². The lowest BCUT2D eigenvalue weighted by molar-refractivity contribution is -0.119. The molecule has 0 bridgehead atoms. The molecule has 1 aliphatic rings. The number of rotatable bonds is 3. The van der Waals surface area contributed by atoms with E-state index in [1.165, 1.54) is 0 Å². The van der Waals surface area contributed by atoms with Gasteiger partial charge in [0.1, 0.15) is 0 Å². The van der Waals surface area contributed by atoms with E-state index in [4.69, 9.17) is 17.3 Å². The third-order valence-electron chi connectivity index (χ3n) is 3.42. The van der Waals surface area contributed by atoms with Crippen molar-refractivity contribution >= 4 is 23.4 Å². The maximum Gasteiger partial charge on any atom is 0.254 e. The zero-order valence-corrected chi connectivity index (χ0v) is 11.4. The monoisotopic (exact) mass is 280 g/mol. The quantitative estimate of drug-likeness (QED) is 0.923. The summed E-state index contributed by atoms with van der Waals surface area (Å²) in [5.41, 5.74) is 5.85. The minimum Gasteiger partial charge on any atom is -0.370 e. The Labute approximate surface area is 117 Å². The van der Waals surface area contributed by atoms with Gasteiger partial charge in [0.2, 0.25) is 5.91 Å². The van der Waals surface area contributed by atoms with Crippen LogP contribution in [0.15, 0.2) is 24.3 Å². The number of hydrogen-bond donors (Lipinski definition) is 1. The summed E-state index contributed by atoms with van der Waals surface area (Å²) in [4.78, 5) is 25.3. The number of primary amides is 1. The number of nitrogens with two attached hydrogens (primary N) is 1. The number of piperidine rings is 1. The lowest BCUT2D eigenvalue weighted by Crippen LogP contribution is -2.45. The number of nitrogens with zero attached hydrogens (tertiary/aromatic N) is 1. The van der Waals surface area contributed by atoms with E-state index in [-0.39, 0.29) is 24.3 Å². The fourth-order valence-electron chi connectivity index (χ4n) is 2.47. The minimum atomic E-state index is -0.360. The van der Waals surface area contributed by atoms with Gasteiger partial charge < -0.3 is 10.6 Å². The van der Waals surface area contributed by atoms with Gasteiger partial charge in [0.15, 0.2) is 0 Å². The highest BCUT2D eigenvalue weighted by molar-refractivity contribution is 6.30. The molecule has 2 rings (SSSR count). The largest absolute Gasteiger partial charge is 0.370 e. The van der Waals surface area contributed by atoms with Gasteiger partial charge in [-0.2, -0.15) is 0 Å². The van der Waals surface area contributed by atoms with Crippen LogP contribution in [0.1, 0.15) is 36.0 Å². The molecule has 5 heteroatoms. The Morgan fingerprint density at radius 3 is 2.58 bits per heavy atom. The molecule has 0 aliphatic carbocycles. The SMILES string of the molecule is NC(=O)CC1CCCCN1C(=O)c1ccc(Cl)cc1. The van der Waals surface area contributed by atoms with Crippen LogP contribution < -0.4 is 5.73 Å². The van der Waals surface area contributed by atoms with E-state index >= 15 is 0 Å². The third-order valence-corrected chi connectivity index (χ3v) is 3.67. The van der Waals surface area contributed by atoms with Crippen molar-refractivity contribution in [1.29, 1.82) is 0 Å². The summed E-state index contributed by atoms with van der Waals surface area (Å²) >= 11 is 5.81. The normalized spacial score (nSPS) is 19.2. The van der Waals surface area contributed by atoms with Gasteiger partial charge in [0, 0.05) is 29.6 Å². The second-order valence-electron chi connectivity index (χ2n) is 4.83. The lowest BCUT2D eigenvalue weighted by atomic mass is 9.98. The van der Waals surface area contributed by atoms with Crippen molar-refractivity contribution in [1.82, 2.24) is 4.90 Å². The van der Waals surface area contributed by atoms with Crippen molar-refractivity contribution in [2.45, 2.75) is 31.7 Å². The molecule has 2 amide bonds. The van der Waals surface area contributed by atoms with Crippen molar-refractivity contribution in [2.75, 3.05) is 6.54 Å². The average Bonchev–Trinajstić information content (AvgIpc) is 2.39. The van der Waals surface area contributed by atoms with Crippen LogP contribution in [0.4, 0.5) is 0 Å². The predicted molar refractivity (Wildman–Crippen MR) is 73.9 cm³/mol. The van der Waals surface area contributed by atoms with Crippen molar-refractivity contribution in [3.8, 4) is 0 Å². The number of benzene rings is 1.